The van der Waals surface area contributed by atoms with Gasteiger partial charge >= 0.3 is 0 Å². The molecule has 112 valence electrons. The van der Waals surface area contributed by atoms with Gasteiger partial charge in [-0.1, -0.05) is 30.3 Å². The maximum absolute atomic E-state index is 5.68. The minimum Gasteiger partial charge on any atom is -0.496 e. The van der Waals surface area contributed by atoms with Gasteiger partial charge in [0, 0.05) is 12.1 Å². The van der Waals surface area contributed by atoms with E-state index in [1.165, 1.54) is 16.7 Å². The molecule has 3 heteroatoms. The Morgan fingerprint density at radius 2 is 1.81 bits per heavy atom. The van der Waals surface area contributed by atoms with Crippen LogP contribution >= 0.6 is 0 Å². The topological polar surface area (TPSA) is 38.5 Å². The summed E-state index contributed by atoms with van der Waals surface area (Å²) in [6.45, 7) is 1.56. The van der Waals surface area contributed by atoms with Crippen LogP contribution in [0.5, 0.6) is 5.75 Å². The molecule has 0 aliphatic rings. The Hall–Kier alpha value is -1.84. The van der Waals surface area contributed by atoms with Crippen molar-refractivity contribution in [1.29, 1.82) is 0 Å². The predicted octanol–water partition coefficient (Wildman–Crippen LogP) is 2.93. The van der Waals surface area contributed by atoms with Crippen molar-refractivity contribution in [2.45, 2.75) is 13.0 Å². The summed E-state index contributed by atoms with van der Waals surface area (Å²) in [5.74, 6) is 0.905. The molecule has 0 fully saturated rings. The van der Waals surface area contributed by atoms with Crippen molar-refractivity contribution in [3.8, 4) is 16.9 Å². The second kappa shape index (κ2) is 7.25. The van der Waals surface area contributed by atoms with E-state index in [0.29, 0.717) is 6.54 Å². The number of nitrogens with zero attached hydrogens (tertiary/aromatic N) is 1. The lowest BCUT2D eigenvalue weighted by Gasteiger charge is -2.17. The summed E-state index contributed by atoms with van der Waals surface area (Å²) in [4.78, 5) is 2.18. The maximum atomic E-state index is 5.68. The lowest BCUT2D eigenvalue weighted by Crippen LogP contribution is -2.11. The van der Waals surface area contributed by atoms with Crippen molar-refractivity contribution in [2.24, 2.45) is 5.73 Å². The van der Waals surface area contributed by atoms with E-state index < -0.39 is 0 Å². The molecule has 0 bridgehead atoms. The second-order valence-corrected chi connectivity index (χ2v) is 5.47. The Kier molecular flexibility index (Phi) is 5.37. The first-order valence-electron chi connectivity index (χ1n) is 7.25. The van der Waals surface area contributed by atoms with E-state index in [-0.39, 0.29) is 0 Å². The van der Waals surface area contributed by atoms with Gasteiger partial charge in [-0.3, -0.25) is 0 Å². The third-order valence-electron chi connectivity index (χ3n) is 3.49. The normalized spacial score (nSPS) is 10.9. The van der Waals surface area contributed by atoms with Crippen molar-refractivity contribution in [1.82, 2.24) is 4.90 Å². The number of hydrogen-bond donors (Lipinski definition) is 1. The Morgan fingerprint density at radius 1 is 1.05 bits per heavy atom. The second-order valence-electron chi connectivity index (χ2n) is 5.47. The fourth-order valence-corrected chi connectivity index (χ4v) is 2.55. The molecule has 0 heterocycles. The predicted molar refractivity (Wildman–Crippen MR) is 88.6 cm³/mol. The summed E-state index contributed by atoms with van der Waals surface area (Å²) < 4.78 is 5.55. The van der Waals surface area contributed by atoms with Crippen molar-refractivity contribution in [2.75, 3.05) is 27.7 Å². The van der Waals surface area contributed by atoms with Gasteiger partial charge in [0.15, 0.2) is 0 Å². The van der Waals surface area contributed by atoms with Gasteiger partial charge in [-0.25, -0.2) is 0 Å². The summed E-state index contributed by atoms with van der Waals surface area (Å²) in [5, 5.41) is 0. The highest BCUT2D eigenvalue weighted by Crippen LogP contribution is 2.33. The monoisotopic (exact) mass is 284 g/mol. The zero-order chi connectivity index (χ0) is 15.2. The molecule has 0 amide bonds. The fraction of sp³-hybridized carbons (Fsp3) is 0.333. The fourth-order valence-electron chi connectivity index (χ4n) is 2.55. The Balaban J connectivity index is 2.51. The number of ether oxygens (including phenoxy) is 1. The van der Waals surface area contributed by atoms with Crippen LogP contribution < -0.4 is 10.5 Å². The third kappa shape index (κ3) is 3.84. The molecule has 2 aromatic rings. The Bertz CT molecular complexity index is 594. The van der Waals surface area contributed by atoms with Crippen LogP contribution in [0.15, 0.2) is 42.5 Å². The van der Waals surface area contributed by atoms with Crippen LogP contribution in [0, 0.1) is 0 Å². The molecule has 0 spiro atoms. The number of hydrogen-bond acceptors (Lipinski definition) is 3. The lowest BCUT2D eigenvalue weighted by molar-refractivity contribution is 0.402. The van der Waals surface area contributed by atoms with Gasteiger partial charge < -0.3 is 15.4 Å². The van der Waals surface area contributed by atoms with Crippen LogP contribution in [0.4, 0.5) is 0 Å². The van der Waals surface area contributed by atoms with E-state index in [2.05, 4.69) is 55.4 Å². The summed E-state index contributed by atoms with van der Waals surface area (Å²) in [7, 11) is 5.88. The highest BCUT2D eigenvalue weighted by atomic mass is 16.5. The van der Waals surface area contributed by atoms with Gasteiger partial charge in [-0.15, -0.1) is 0 Å². The first-order chi connectivity index (χ1) is 10.2. The van der Waals surface area contributed by atoms with E-state index in [1.54, 1.807) is 7.11 Å². The molecule has 0 unspecified atom stereocenters. The minimum atomic E-state index is 0.658. The number of nitrogens with two attached hydrogens (primary N) is 1. The number of rotatable bonds is 6. The van der Waals surface area contributed by atoms with Gasteiger partial charge in [0.2, 0.25) is 0 Å². The minimum absolute atomic E-state index is 0.658. The highest BCUT2D eigenvalue weighted by Gasteiger charge is 2.11. The van der Waals surface area contributed by atoms with Gasteiger partial charge in [0.05, 0.1) is 7.11 Å². The molecule has 0 aliphatic carbocycles. The van der Waals surface area contributed by atoms with Crippen molar-refractivity contribution in [3.05, 3.63) is 53.6 Å². The van der Waals surface area contributed by atoms with Crippen molar-refractivity contribution in [3.63, 3.8) is 0 Å². The van der Waals surface area contributed by atoms with E-state index in [9.17, 15) is 0 Å². The number of benzene rings is 2. The average Bonchev–Trinajstić information content (AvgIpc) is 2.47. The van der Waals surface area contributed by atoms with E-state index in [0.717, 1.165) is 24.3 Å². The first kappa shape index (κ1) is 15.5. The summed E-state index contributed by atoms with van der Waals surface area (Å²) in [5.41, 5.74) is 10.6. The first-order valence-corrected chi connectivity index (χ1v) is 7.25. The van der Waals surface area contributed by atoms with Crippen LogP contribution in [-0.2, 0) is 13.0 Å². The van der Waals surface area contributed by atoms with Crippen molar-refractivity contribution >= 4 is 0 Å². The molecule has 0 radical (unpaired) electrons. The van der Waals surface area contributed by atoms with Crippen LogP contribution in [0.3, 0.4) is 0 Å². The molecule has 2 N–H and O–H groups in total. The van der Waals surface area contributed by atoms with Gasteiger partial charge in [0.1, 0.15) is 5.75 Å². The van der Waals surface area contributed by atoms with E-state index >= 15 is 0 Å². The summed E-state index contributed by atoms with van der Waals surface area (Å²) >= 11 is 0. The zero-order valence-electron chi connectivity index (χ0n) is 13.1. The van der Waals surface area contributed by atoms with E-state index in [1.807, 2.05) is 6.07 Å². The number of methoxy groups -OCH3 is 1. The molecule has 0 aromatic heterocycles. The highest BCUT2D eigenvalue weighted by molar-refractivity contribution is 5.74. The van der Waals surface area contributed by atoms with Crippen LogP contribution in [0.1, 0.15) is 11.1 Å². The molecule has 2 aromatic carbocycles. The standard InChI is InChI=1S/C18H24N2O/c1-20(2)13-15-6-4-5-7-16(15)17-12-14(10-11-19)8-9-18(17)21-3/h4-9,12H,10-11,13,19H2,1-3H3. The molecule has 2 rings (SSSR count). The molecule has 0 atom stereocenters. The van der Waals surface area contributed by atoms with Gasteiger partial charge in [0.25, 0.3) is 0 Å². The molecular weight excluding hydrogens is 260 g/mol. The average molecular weight is 284 g/mol. The zero-order valence-corrected chi connectivity index (χ0v) is 13.1. The molecule has 0 aliphatic heterocycles. The Labute approximate surface area is 127 Å². The van der Waals surface area contributed by atoms with Crippen LogP contribution in [-0.4, -0.2) is 32.6 Å². The summed E-state index contributed by atoms with van der Waals surface area (Å²) in [6.07, 6.45) is 0.882. The molecular formula is C18H24N2O. The molecule has 21 heavy (non-hydrogen) atoms. The third-order valence-corrected chi connectivity index (χ3v) is 3.49. The molecule has 3 nitrogen and oxygen atoms in total. The van der Waals surface area contributed by atoms with Crippen molar-refractivity contribution < 1.29 is 4.74 Å². The molecule has 0 saturated heterocycles. The lowest BCUT2D eigenvalue weighted by atomic mass is 9.96. The quantitative estimate of drug-likeness (QED) is 0.886. The van der Waals surface area contributed by atoms with Gasteiger partial charge in [-0.2, -0.15) is 0 Å². The molecule has 0 saturated carbocycles. The largest absolute Gasteiger partial charge is 0.496 e. The van der Waals surface area contributed by atoms with E-state index in [4.69, 9.17) is 10.5 Å². The maximum Gasteiger partial charge on any atom is 0.126 e. The summed E-state index contributed by atoms with van der Waals surface area (Å²) in [6, 6.07) is 14.8. The smallest absolute Gasteiger partial charge is 0.126 e. The Morgan fingerprint density at radius 3 is 2.48 bits per heavy atom. The van der Waals surface area contributed by atoms with Crippen LogP contribution in [0.2, 0.25) is 0 Å². The van der Waals surface area contributed by atoms with Gasteiger partial charge in [-0.05, 0) is 55.9 Å². The SMILES string of the molecule is COc1ccc(CCN)cc1-c1ccccc1CN(C)C. The van der Waals surface area contributed by atoms with Crippen LogP contribution in [0.25, 0.3) is 11.1 Å².